The van der Waals surface area contributed by atoms with Crippen molar-refractivity contribution in [3.8, 4) is 0 Å². The van der Waals surface area contributed by atoms with E-state index in [0.29, 0.717) is 29.7 Å². The molecular formula is C19H32N2. The third-order valence-electron chi connectivity index (χ3n) is 5.52. The van der Waals surface area contributed by atoms with E-state index in [1.165, 1.54) is 23.4 Å². The fourth-order valence-corrected chi connectivity index (χ4v) is 3.83. The number of fused-ring (bicyclic) bond motifs is 1. The van der Waals surface area contributed by atoms with Gasteiger partial charge in [-0.05, 0) is 55.1 Å². The van der Waals surface area contributed by atoms with Gasteiger partial charge in [0.15, 0.2) is 0 Å². The van der Waals surface area contributed by atoms with Crippen molar-refractivity contribution in [3.05, 3.63) is 23.0 Å². The van der Waals surface area contributed by atoms with Gasteiger partial charge < -0.3 is 4.90 Å². The van der Waals surface area contributed by atoms with Crippen LogP contribution in [0.4, 0.5) is 5.69 Å². The molecule has 0 amide bonds. The van der Waals surface area contributed by atoms with Crippen LogP contribution in [0.1, 0.15) is 76.6 Å². The van der Waals surface area contributed by atoms with E-state index in [9.17, 15) is 0 Å². The molecule has 3 atom stereocenters. The molecule has 1 aliphatic heterocycles. The minimum Gasteiger partial charge on any atom is -0.370 e. The third kappa shape index (κ3) is 2.82. The zero-order valence-electron chi connectivity index (χ0n) is 15.1. The monoisotopic (exact) mass is 288 g/mol. The molecule has 0 N–H and O–H groups in total. The van der Waals surface area contributed by atoms with Gasteiger partial charge in [-0.2, -0.15) is 0 Å². The summed E-state index contributed by atoms with van der Waals surface area (Å²) in [5, 5.41) is 0. The molecular weight excluding hydrogens is 256 g/mol. The lowest BCUT2D eigenvalue weighted by molar-refractivity contribution is 0.364. The molecule has 1 aromatic heterocycles. The Hall–Kier alpha value is -1.05. The van der Waals surface area contributed by atoms with Crippen LogP contribution in [0.3, 0.4) is 0 Å². The van der Waals surface area contributed by atoms with E-state index in [1.54, 1.807) is 5.56 Å². The Morgan fingerprint density at radius 3 is 2.33 bits per heavy atom. The van der Waals surface area contributed by atoms with Gasteiger partial charge in [-0.3, -0.25) is 4.98 Å². The van der Waals surface area contributed by atoms with Gasteiger partial charge in [0.1, 0.15) is 0 Å². The summed E-state index contributed by atoms with van der Waals surface area (Å²) in [6, 6.07) is 0.565. The number of nitrogens with zero attached hydrogens (tertiary/aromatic N) is 2. The van der Waals surface area contributed by atoms with Crippen molar-refractivity contribution in [2.75, 3.05) is 11.9 Å². The highest BCUT2D eigenvalue weighted by Crippen LogP contribution is 2.46. The van der Waals surface area contributed by atoms with Gasteiger partial charge in [-0.15, -0.1) is 0 Å². The molecule has 1 aliphatic rings. The highest BCUT2D eigenvalue weighted by atomic mass is 15.1. The Morgan fingerprint density at radius 2 is 1.81 bits per heavy atom. The maximum Gasteiger partial charge on any atom is 0.0620 e. The summed E-state index contributed by atoms with van der Waals surface area (Å²) in [6.45, 7) is 16.3. The normalized spacial score (nSPS) is 26.2. The maximum atomic E-state index is 4.72. The summed E-state index contributed by atoms with van der Waals surface area (Å²) in [5.41, 5.74) is 5.61. The third-order valence-corrected chi connectivity index (χ3v) is 5.52. The van der Waals surface area contributed by atoms with Crippen LogP contribution in [-0.2, 0) is 0 Å². The Kier molecular flexibility index (Phi) is 4.65. The highest BCUT2D eigenvalue weighted by molar-refractivity contribution is 5.62. The van der Waals surface area contributed by atoms with Gasteiger partial charge in [-0.25, -0.2) is 0 Å². The van der Waals surface area contributed by atoms with E-state index in [4.69, 9.17) is 4.98 Å². The molecule has 21 heavy (non-hydrogen) atoms. The predicted octanol–water partition coefficient (Wildman–Crippen LogP) is 5.12. The molecule has 0 saturated carbocycles. The molecule has 118 valence electrons. The maximum absolute atomic E-state index is 4.72. The topological polar surface area (TPSA) is 16.1 Å². The molecule has 2 rings (SSSR count). The van der Waals surface area contributed by atoms with E-state index < -0.39 is 0 Å². The summed E-state index contributed by atoms with van der Waals surface area (Å²) in [5.74, 6) is 2.55. The van der Waals surface area contributed by atoms with E-state index >= 15 is 0 Å². The number of aryl methyl sites for hydroxylation is 1. The van der Waals surface area contributed by atoms with Gasteiger partial charge in [-0.1, -0.05) is 34.6 Å². The van der Waals surface area contributed by atoms with Crippen molar-refractivity contribution >= 4 is 5.69 Å². The Bertz CT molecular complexity index is 505. The largest absolute Gasteiger partial charge is 0.370 e. The van der Waals surface area contributed by atoms with Crippen LogP contribution in [0.15, 0.2) is 6.20 Å². The first-order valence-electron chi connectivity index (χ1n) is 8.47. The SMILES string of the molecule is Cc1ncc(C(C)C)c2c1N(C)[C@H](C)[C@H](C)CC2C(C)C. The lowest BCUT2D eigenvalue weighted by atomic mass is 9.78. The molecule has 0 aromatic carbocycles. The number of pyridine rings is 1. The number of aromatic nitrogens is 1. The Labute approximate surface area is 131 Å². The average molecular weight is 288 g/mol. The Balaban J connectivity index is 2.74. The molecule has 2 heterocycles. The fraction of sp³-hybridized carbons (Fsp3) is 0.737. The van der Waals surface area contributed by atoms with Crippen molar-refractivity contribution in [2.45, 2.75) is 72.8 Å². The van der Waals surface area contributed by atoms with E-state index in [2.05, 4.69) is 66.6 Å². The first kappa shape index (κ1) is 16.3. The summed E-state index contributed by atoms with van der Waals surface area (Å²) in [6.07, 6.45) is 3.40. The summed E-state index contributed by atoms with van der Waals surface area (Å²) < 4.78 is 0. The van der Waals surface area contributed by atoms with Gasteiger partial charge in [0.2, 0.25) is 0 Å². The van der Waals surface area contributed by atoms with Crippen molar-refractivity contribution in [3.63, 3.8) is 0 Å². The minimum absolute atomic E-state index is 0.533. The lowest BCUT2D eigenvalue weighted by Gasteiger charge is -2.31. The smallest absolute Gasteiger partial charge is 0.0620 e. The number of anilines is 1. The van der Waals surface area contributed by atoms with E-state index in [0.717, 1.165) is 0 Å². The molecule has 0 radical (unpaired) electrons. The Morgan fingerprint density at radius 1 is 1.19 bits per heavy atom. The molecule has 0 aliphatic carbocycles. The van der Waals surface area contributed by atoms with Gasteiger partial charge >= 0.3 is 0 Å². The zero-order chi connectivity index (χ0) is 15.9. The van der Waals surface area contributed by atoms with Crippen LogP contribution in [0, 0.1) is 18.8 Å². The number of rotatable bonds is 2. The van der Waals surface area contributed by atoms with Crippen LogP contribution in [-0.4, -0.2) is 18.1 Å². The number of hydrogen-bond donors (Lipinski definition) is 0. The molecule has 1 aromatic rings. The predicted molar refractivity (Wildman–Crippen MR) is 92.3 cm³/mol. The molecule has 2 nitrogen and oxygen atoms in total. The summed E-state index contributed by atoms with van der Waals surface area (Å²) in [4.78, 5) is 7.20. The summed E-state index contributed by atoms with van der Waals surface area (Å²) in [7, 11) is 2.25. The summed E-state index contributed by atoms with van der Waals surface area (Å²) >= 11 is 0. The average Bonchev–Trinajstić information content (AvgIpc) is 2.50. The van der Waals surface area contributed by atoms with Crippen molar-refractivity contribution in [1.82, 2.24) is 4.98 Å². The minimum atomic E-state index is 0.533. The van der Waals surface area contributed by atoms with Gasteiger partial charge in [0.05, 0.1) is 11.4 Å². The molecule has 0 bridgehead atoms. The standard InChI is InChI=1S/C19H32N2/c1-11(2)16-9-13(5)15(7)21(8)19-14(6)20-10-17(12(3)4)18(16)19/h10-13,15-16H,9H2,1-8H3/t13-,15-,16?/m1/s1. The van der Waals surface area contributed by atoms with Gasteiger partial charge in [0, 0.05) is 19.3 Å². The zero-order valence-corrected chi connectivity index (χ0v) is 15.1. The van der Waals surface area contributed by atoms with E-state index in [-0.39, 0.29) is 0 Å². The fourth-order valence-electron chi connectivity index (χ4n) is 3.83. The molecule has 0 spiro atoms. The van der Waals surface area contributed by atoms with Crippen molar-refractivity contribution in [1.29, 1.82) is 0 Å². The second kappa shape index (κ2) is 5.98. The highest BCUT2D eigenvalue weighted by Gasteiger charge is 2.34. The van der Waals surface area contributed by atoms with Crippen molar-refractivity contribution < 1.29 is 0 Å². The van der Waals surface area contributed by atoms with Crippen LogP contribution in [0.25, 0.3) is 0 Å². The molecule has 2 heteroatoms. The first-order valence-corrected chi connectivity index (χ1v) is 8.47. The van der Waals surface area contributed by atoms with Crippen LogP contribution < -0.4 is 4.90 Å². The van der Waals surface area contributed by atoms with Crippen LogP contribution in [0.2, 0.25) is 0 Å². The quantitative estimate of drug-likeness (QED) is 0.751. The molecule has 0 fully saturated rings. The number of hydrogen-bond acceptors (Lipinski definition) is 2. The molecule has 1 unspecified atom stereocenters. The molecule has 0 saturated heterocycles. The van der Waals surface area contributed by atoms with Crippen molar-refractivity contribution in [2.24, 2.45) is 11.8 Å². The first-order chi connectivity index (χ1) is 9.75. The second-order valence-electron chi connectivity index (χ2n) is 7.63. The van der Waals surface area contributed by atoms with Gasteiger partial charge in [0.25, 0.3) is 0 Å². The lowest BCUT2D eigenvalue weighted by Crippen LogP contribution is -2.34. The second-order valence-corrected chi connectivity index (χ2v) is 7.63. The van der Waals surface area contributed by atoms with Crippen LogP contribution >= 0.6 is 0 Å². The van der Waals surface area contributed by atoms with E-state index in [1.807, 2.05) is 0 Å². The van der Waals surface area contributed by atoms with Crippen LogP contribution in [0.5, 0.6) is 0 Å².